The van der Waals surface area contributed by atoms with Gasteiger partial charge in [-0.3, -0.25) is 4.79 Å². The number of amides is 1. The van der Waals surface area contributed by atoms with Gasteiger partial charge in [0.05, 0.1) is 11.0 Å². The Bertz CT molecular complexity index is 578. The largest absolute Gasteiger partial charge is 0.339 e. The predicted molar refractivity (Wildman–Crippen MR) is 75.1 cm³/mol. The van der Waals surface area contributed by atoms with Gasteiger partial charge in [0.25, 0.3) is 0 Å². The van der Waals surface area contributed by atoms with E-state index in [4.69, 9.17) is 0 Å². The number of para-hydroxylation sites is 2. The van der Waals surface area contributed by atoms with Crippen LogP contribution in [0.4, 0.5) is 5.95 Å². The highest BCUT2D eigenvalue weighted by Crippen LogP contribution is 2.18. The number of hydrogen-bond donors (Lipinski definition) is 1. The van der Waals surface area contributed by atoms with E-state index in [0.29, 0.717) is 13.1 Å². The van der Waals surface area contributed by atoms with E-state index in [9.17, 15) is 4.79 Å². The molecule has 5 heteroatoms. The number of nitrogens with one attached hydrogen (secondary N) is 1. The molecule has 5 nitrogen and oxygen atoms in total. The molecule has 3 rings (SSSR count). The first-order chi connectivity index (χ1) is 9.28. The van der Waals surface area contributed by atoms with Gasteiger partial charge in [0, 0.05) is 26.2 Å². The Morgan fingerprint density at radius 3 is 2.68 bits per heavy atom. The fraction of sp³-hybridized carbons (Fsp3) is 0.286. The topological polar surface area (TPSA) is 52.2 Å². The first-order valence-electron chi connectivity index (χ1n) is 6.39. The molecule has 2 aromatic rings. The van der Waals surface area contributed by atoms with Crippen molar-refractivity contribution in [1.82, 2.24) is 14.9 Å². The molecule has 1 aromatic carbocycles. The molecule has 1 amide bonds. The number of fused-ring (bicyclic) bond motifs is 1. The molecule has 1 saturated heterocycles. The van der Waals surface area contributed by atoms with Crippen LogP contribution in [0.1, 0.15) is 0 Å². The molecule has 98 valence electrons. The van der Waals surface area contributed by atoms with E-state index in [0.717, 1.165) is 30.1 Å². The monoisotopic (exact) mass is 256 g/mol. The molecule has 1 aliphatic rings. The number of anilines is 1. The minimum absolute atomic E-state index is 0.00394. The summed E-state index contributed by atoms with van der Waals surface area (Å²) in [5.74, 6) is 0.885. The Balaban J connectivity index is 1.74. The second-order valence-electron chi connectivity index (χ2n) is 4.59. The molecule has 1 aromatic heterocycles. The molecule has 2 heterocycles. The van der Waals surface area contributed by atoms with E-state index in [2.05, 4.69) is 21.4 Å². The van der Waals surface area contributed by atoms with Crippen LogP contribution in [0.3, 0.4) is 0 Å². The molecule has 1 N–H and O–H groups in total. The number of rotatable bonds is 2. The van der Waals surface area contributed by atoms with Gasteiger partial charge in [-0.25, -0.2) is 4.98 Å². The number of piperazine rings is 1. The lowest BCUT2D eigenvalue weighted by molar-refractivity contribution is -0.126. The number of nitrogens with zero attached hydrogens (tertiary/aromatic N) is 3. The van der Waals surface area contributed by atoms with Gasteiger partial charge in [-0.15, -0.1) is 0 Å². The van der Waals surface area contributed by atoms with Crippen LogP contribution in [0.15, 0.2) is 36.9 Å². The zero-order valence-electron chi connectivity index (χ0n) is 10.7. The first kappa shape index (κ1) is 11.8. The SMILES string of the molecule is C=CC(=O)N1CCN(c2nc3ccccc3[nH]2)CC1. The third-order valence-corrected chi connectivity index (χ3v) is 3.44. The van der Waals surface area contributed by atoms with Crippen molar-refractivity contribution in [2.45, 2.75) is 0 Å². The summed E-state index contributed by atoms with van der Waals surface area (Å²) in [5.41, 5.74) is 2.02. The number of carbonyl (C=O) groups excluding carboxylic acids is 1. The van der Waals surface area contributed by atoms with Gasteiger partial charge < -0.3 is 14.8 Å². The molecular weight excluding hydrogens is 240 g/mol. The van der Waals surface area contributed by atoms with Crippen molar-refractivity contribution in [3.05, 3.63) is 36.9 Å². The van der Waals surface area contributed by atoms with Crippen LogP contribution < -0.4 is 4.90 Å². The number of aromatic amines is 1. The maximum atomic E-state index is 11.5. The standard InChI is InChI=1S/C14H16N4O/c1-2-13(19)17-7-9-18(10-8-17)14-15-11-5-3-4-6-12(11)16-14/h2-6H,1,7-10H2,(H,15,16). The molecule has 0 spiro atoms. The number of aromatic nitrogens is 2. The fourth-order valence-electron chi connectivity index (χ4n) is 2.36. The Kier molecular flexibility index (Phi) is 2.95. The Morgan fingerprint density at radius 2 is 2.00 bits per heavy atom. The van der Waals surface area contributed by atoms with Crippen LogP contribution in [0, 0.1) is 0 Å². The van der Waals surface area contributed by atoms with E-state index in [-0.39, 0.29) is 5.91 Å². The third-order valence-electron chi connectivity index (χ3n) is 3.44. The van der Waals surface area contributed by atoms with Crippen LogP contribution in [-0.4, -0.2) is 47.0 Å². The number of hydrogen-bond acceptors (Lipinski definition) is 3. The Hall–Kier alpha value is -2.30. The summed E-state index contributed by atoms with van der Waals surface area (Å²) in [5, 5.41) is 0. The molecule has 0 unspecified atom stereocenters. The Morgan fingerprint density at radius 1 is 1.26 bits per heavy atom. The number of H-pyrrole nitrogens is 1. The highest BCUT2D eigenvalue weighted by molar-refractivity contribution is 5.87. The minimum Gasteiger partial charge on any atom is -0.339 e. The smallest absolute Gasteiger partial charge is 0.246 e. The summed E-state index contributed by atoms with van der Waals surface area (Å²) in [6.45, 7) is 6.52. The zero-order chi connectivity index (χ0) is 13.2. The number of benzene rings is 1. The summed E-state index contributed by atoms with van der Waals surface area (Å²) in [7, 11) is 0. The van der Waals surface area contributed by atoms with E-state index in [1.54, 1.807) is 0 Å². The third kappa shape index (κ3) is 2.19. The van der Waals surface area contributed by atoms with Crippen molar-refractivity contribution in [3.63, 3.8) is 0 Å². The van der Waals surface area contributed by atoms with Crippen molar-refractivity contribution in [2.75, 3.05) is 31.1 Å². The summed E-state index contributed by atoms with van der Waals surface area (Å²) in [6, 6.07) is 7.98. The summed E-state index contributed by atoms with van der Waals surface area (Å²) in [4.78, 5) is 23.4. The maximum absolute atomic E-state index is 11.5. The Labute approximate surface area is 111 Å². The molecule has 0 saturated carbocycles. The quantitative estimate of drug-likeness (QED) is 0.826. The summed E-state index contributed by atoms with van der Waals surface area (Å²) >= 11 is 0. The normalized spacial score (nSPS) is 15.8. The maximum Gasteiger partial charge on any atom is 0.246 e. The van der Waals surface area contributed by atoms with E-state index in [1.165, 1.54) is 6.08 Å². The van der Waals surface area contributed by atoms with Crippen LogP contribution in [-0.2, 0) is 4.79 Å². The summed E-state index contributed by atoms with van der Waals surface area (Å²) < 4.78 is 0. The highest BCUT2D eigenvalue weighted by atomic mass is 16.2. The lowest BCUT2D eigenvalue weighted by atomic mass is 10.3. The molecule has 0 aliphatic carbocycles. The van der Waals surface area contributed by atoms with Gasteiger partial charge in [-0.1, -0.05) is 18.7 Å². The van der Waals surface area contributed by atoms with Gasteiger partial charge in [0.2, 0.25) is 11.9 Å². The second kappa shape index (κ2) is 4.76. The van der Waals surface area contributed by atoms with Gasteiger partial charge in [0.15, 0.2) is 0 Å². The van der Waals surface area contributed by atoms with Crippen molar-refractivity contribution in [3.8, 4) is 0 Å². The molecular formula is C14H16N4O. The molecule has 1 aliphatic heterocycles. The lowest BCUT2D eigenvalue weighted by Gasteiger charge is -2.33. The molecule has 0 bridgehead atoms. The van der Waals surface area contributed by atoms with Gasteiger partial charge in [-0.2, -0.15) is 0 Å². The molecule has 0 radical (unpaired) electrons. The predicted octanol–water partition coefficient (Wildman–Crippen LogP) is 1.40. The summed E-state index contributed by atoms with van der Waals surface area (Å²) in [6.07, 6.45) is 1.37. The van der Waals surface area contributed by atoms with Gasteiger partial charge in [0.1, 0.15) is 0 Å². The average molecular weight is 256 g/mol. The average Bonchev–Trinajstić information content (AvgIpc) is 2.90. The molecule has 19 heavy (non-hydrogen) atoms. The number of imidazole rings is 1. The van der Waals surface area contributed by atoms with Crippen LogP contribution in [0.2, 0.25) is 0 Å². The minimum atomic E-state index is 0.00394. The van der Waals surface area contributed by atoms with Gasteiger partial charge >= 0.3 is 0 Å². The van der Waals surface area contributed by atoms with Crippen molar-refractivity contribution < 1.29 is 4.79 Å². The molecule has 0 atom stereocenters. The van der Waals surface area contributed by atoms with E-state index < -0.39 is 0 Å². The lowest BCUT2D eigenvalue weighted by Crippen LogP contribution is -2.48. The van der Waals surface area contributed by atoms with Gasteiger partial charge in [-0.05, 0) is 18.2 Å². The van der Waals surface area contributed by atoms with Crippen molar-refractivity contribution >= 4 is 22.9 Å². The number of carbonyl (C=O) groups is 1. The van der Waals surface area contributed by atoms with Crippen LogP contribution in [0.25, 0.3) is 11.0 Å². The fourth-order valence-corrected chi connectivity index (χ4v) is 2.36. The van der Waals surface area contributed by atoms with Crippen molar-refractivity contribution in [2.24, 2.45) is 0 Å². The van der Waals surface area contributed by atoms with E-state index >= 15 is 0 Å². The molecule has 1 fully saturated rings. The first-order valence-corrected chi connectivity index (χ1v) is 6.39. The zero-order valence-corrected chi connectivity index (χ0v) is 10.7. The highest BCUT2D eigenvalue weighted by Gasteiger charge is 2.21. The van der Waals surface area contributed by atoms with Crippen LogP contribution in [0.5, 0.6) is 0 Å². The second-order valence-corrected chi connectivity index (χ2v) is 4.59. The van der Waals surface area contributed by atoms with E-state index in [1.807, 2.05) is 29.2 Å². The van der Waals surface area contributed by atoms with Crippen molar-refractivity contribution in [1.29, 1.82) is 0 Å². The van der Waals surface area contributed by atoms with Crippen LogP contribution >= 0.6 is 0 Å².